The van der Waals surface area contributed by atoms with Crippen LogP contribution in [-0.4, -0.2) is 6.61 Å². The Balaban J connectivity index is 1.91. The average Bonchev–Trinajstić information content (AvgIpc) is 2.45. The maximum atomic E-state index is 5.75. The van der Waals surface area contributed by atoms with E-state index in [0.717, 1.165) is 30.2 Å². The van der Waals surface area contributed by atoms with Crippen LogP contribution in [0.1, 0.15) is 26.2 Å². The van der Waals surface area contributed by atoms with Gasteiger partial charge in [-0.25, -0.2) is 0 Å². The van der Waals surface area contributed by atoms with E-state index in [0.29, 0.717) is 0 Å². The molecular formula is C17H21NO. The fourth-order valence-corrected chi connectivity index (χ4v) is 1.89. The highest BCUT2D eigenvalue weighted by Crippen LogP contribution is 2.21. The summed E-state index contributed by atoms with van der Waals surface area (Å²) in [6.07, 6.45) is 3.56. The van der Waals surface area contributed by atoms with Crippen molar-refractivity contribution in [2.75, 3.05) is 11.9 Å². The summed E-state index contributed by atoms with van der Waals surface area (Å²) in [6, 6.07) is 18.3. The Kier molecular flexibility index (Phi) is 5.30. The van der Waals surface area contributed by atoms with Gasteiger partial charge in [-0.15, -0.1) is 0 Å². The van der Waals surface area contributed by atoms with E-state index in [1.54, 1.807) is 0 Å². The molecule has 0 aromatic heterocycles. The van der Waals surface area contributed by atoms with Gasteiger partial charge in [-0.2, -0.15) is 0 Å². The van der Waals surface area contributed by atoms with Gasteiger partial charge in [0, 0.05) is 17.4 Å². The SMILES string of the molecule is CCCCCOc1cccc(Nc2ccccc2)c1. The van der Waals surface area contributed by atoms with E-state index in [4.69, 9.17) is 4.74 Å². The standard InChI is InChI=1S/C17H21NO/c1-2-3-7-13-19-17-12-8-11-16(14-17)18-15-9-5-4-6-10-15/h4-6,8-12,14,18H,2-3,7,13H2,1H3. The summed E-state index contributed by atoms with van der Waals surface area (Å²) in [5, 5.41) is 3.37. The Morgan fingerprint density at radius 1 is 0.895 bits per heavy atom. The normalized spacial score (nSPS) is 10.2. The first-order valence-electron chi connectivity index (χ1n) is 6.93. The minimum absolute atomic E-state index is 0.794. The number of hydrogen-bond acceptors (Lipinski definition) is 2. The van der Waals surface area contributed by atoms with Gasteiger partial charge in [0.05, 0.1) is 6.61 Å². The first kappa shape index (κ1) is 13.5. The Bertz CT molecular complexity index is 482. The Morgan fingerprint density at radius 3 is 2.47 bits per heavy atom. The molecule has 2 heteroatoms. The van der Waals surface area contributed by atoms with Gasteiger partial charge in [-0.3, -0.25) is 0 Å². The third-order valence-corrected chi connectivity index (χ3v) is 2.91. The largest absolute Gasteiger partial charge is 0.494 e. The van der Waals surface area contributed by atoms with Crippen LogP contribution < -0.4 is 10.1 Å². The van der Waals surface area contributed by atoms with Crippen LogP contribution in [0.2, 0.25) is 0 Å². The molecule has 2 nitrogen and oxygen atoms in total. The quantitative estimate of drug-likeness (QED) is 0.703. The number of benzene rings is 2. The number of para-hydroxylation sites is 1. The van der Waals surface area contributed by atoms with Crippen LogP contribution in [0, 0.1) is 0 Å². The molecule has 2 aromatic rings. The van der Waals surface area contributed by atoms with Crippen LogP contribution in [0.15, 0.2) is 54.6 Å². The minimum atomic E-state index is 0.794. The fraction of sp³-hybridized carbons (Fsp3) is 0.294. The first-order chi connectivity index (χ1) is 9.38. The van der Waals surface area contributed by atoms with Crippen molar-refractivity contribution in [2.45, 2.75) is 26.2 Å². The van der Waals surface area contributed by atoms with Crippen LogP contribution in [0.4, 0.5) is 11.4 Å². The molecule has 1 N–H and O–H groups in total. The lowest BCUT2D eigenvalue weighted by Crippen LogP contribution is -1.97. The Morgan fingerprint density at radius 2 is 1.68 bits per heavy atom. The van der Waals surface area contributed by atoms with Crippen molar-refractivity contribution in [3.63, 3.8) is 0 Å². The van der Waals surface area contributed by atoms with Crippen molar-refractivity contribution in [1.29, 1.82) is 0 Å². The smallest absolute Gasteiger partial charge is 0.121 e. The zero-order valence-corrected chi connectivity index (χ0v) is 11.4. The summed E-state index contributed by atoms with van der Waals surface area (Å²) in [6.45, 7) is 2.99. The second-order valence-electron chi connectivity index (χ2n) is 4.57. The van der Waals surface area contributed by atoms with Gasteiger partial charge in [-0.05, 0) is 30.7 Å². The van der Waals surface area contributed by atoms with E-state index in [2.05, 4.69) is 24.4 Å². The van der Waals surface area contributed by atoms with Crippen molar-refractivity contribution in [2.24, 2.45) is 0 Å². The number of nitrogens with one attached hydrogen (secondary N) is 1. The van der Waals surface area contributed by atoms with Gasteiger partial charge in [0.15, 0.2) is 0 Å². The van der Waals surface area contributed by atoms with Gasteiger partial charge in [0.2, 0.25) is 0 Å². The molecule has 0 radical (unpaired) electrons. The number of ether oxygens (including phenoxy) is 1. The molecule has 19 heavy (non-hydrogen) atoms. The summed E-state index contributed by atoms with van der Waals surface area (Å²) < 4.78 is 5.75. The lowest BCUT2D eigenvalue weighted by atomic mass is 10.2. The predicted molar refractivity (Wildman–Crippen MR) is 81.2 cm³/mol. The van der Waals surface area contributed by atoms with Crippen LogP contribution in [-0.2, 0) is 0 Å². The molecule has 0 bridgehead atoms. The van der Waals surface area contributed by atoms with Crippen molar-refractivity contribution in [1.82, 2.24) is 0 Å². The number of unbranched alkanes of at least 4 members (excludes halogenated alkanes) is 2. The molecule has 0 aliphatic carbocycles. The van der Waals surface area contributed by atoms with Crippen molar-refractivity contribution >= 4 is 11.4 Å². The number of anilines is 2. The lowest BCUT2D eigenvalue weighted by Gasteiger charge is -2.09. The summed E-state index contributed by atoms with van der Waals surface area (Å²) in [7, 11) is 0. The van der Waals surface area contributed by atoms with Gasteiger partial charge >= 0.3 is 0 Å². The predicted octanol–water partition coefficient (Wildman–Crippen LogP) is 5.00. The third-order valence-electron chi connectivity index (χ3n) is 2.91. The van der Waals surface area contributed by atoms with Gasteiger partial charge in [0.1, 0.15) is 5.75 Å². The molecule has 0 unspecified atom stereocenters. The maximum Gasteiger partial charge on any atom is 0.121 e. The van der Waals surface area contributed by atoms with E-state index < -0.39 is 0 Å². The highest BCUT2D eigenvalue weighted by Gasteiger charge is 1.97. The van der Waals surface area contributed by atoms with Crippen LogP contribution in [0.5, 0.6) is 5.75 Å². The topological polar surface area (TPSA) is 21.3 Å². The minimum Gasteiger partial charge on any atom is -0.494 e. The molecule has 0 fully saturated rings. The van der Waals surface area contributed by atoms with Crippen LogP contribution >= 0.6 is 0 Å². The summed E-state index contributed by atoms with van der Waals surface area (Å²) in [5.41, 5.74) is 2.14. The van der Waals surface area contributed by atoms with E-state index >= 15 is 0 Å². The lowest BCUT2D eigenvalue weighted by molar-refractivity contribution is 0.306. The van der Waals surface area contributed by atoms with E-state index in [1.165, 1.54) is 12.8 Å². The van der Waals surface area contributed by atoms with Crippen molar-refractivity contribution < 1.29 is 4.74 Å². The molecule has 0 heterocycles. The highest BCUT2D eigenvalue weighted by molar-refractivity contribution is 5.60. The van der Waals surface area contributed by atoms with Crippen molar-refractivity contribution in [3.05, 3.63) is 54.6 Å². The van der Waals surface area contributed by atoms with E-state index in [1.807, 2.05) is 42.5 Å². The number of hydrogen-bond donors (Lipinski definition) is 1. The Labute approximate surface area is 115 Å². The molecule has 0 spiro atoms. The molecule has 2 aromatic carbocycles. The zero-order valence-electron chi connectivity index (χ0n) is 11.4. The monoisotopic (exact) mass is 255 g/mol. The molecule has 2 rings (SSSR count). The van der Waals surface area contributed by atoms with E-state index in [-0.39, 0.29) is 0 Å². The number of rotatable bonds is 7. The molecule has 0 saturated carbocycles. The van der Waals surface area contributed by atoms with Crippen molar-refractivity contribution in [3.8, 4) is 5.75 Å². The molecule has 0 atom stereocenters. The molecule has 0 aliphatic heterocycles. The maximum absolute atomic E-state index is 5.75. The second-order valence-corrected chi connectivity index (χ2v) is 4.57. The average molecular weight is 255 g/mol. The molecule has 0 amide bonds. The van der Waals surface area contributed by atoms with Crippen LogP contribution in [0.25, 0.3) is 0 Å². The molecule has 0 aliphatic rings. The van der Waals surface area contributed by atoms with Gasteiger partial charge in [0.25, 0.3) is 0 Å². The third kappa shape index (κ3) is 4.66. The fourth-order valence-electron chi connectivity index (χ4n) is 1.89. The molecule has 0 saturated heterocycles. The molecular weight excluding hydrogens is 234 g/mol. The first-order valence-corrected chi connectivity index (χ1v) is 6.93. The van der Waals surface area contributed by atoms with Crippen LogP contribution in [0.3, 0.4) is 0 Å². The van der Waals surface area contributed by atoms with E-state index in [9.17, 15) is 0 Å². The Hall–Kier alpha value is -1.96. The molecule has 100 valence electrons. The zero-order chi connectivity index (χ0) is 13.3. The summed E-state index contributed by atoms with van der Waals surface area (Å²) >= 11 is 0. The second kappa shape index (κ2) is 7.47. The summed E-state index contributed by atoms with van der Waals surface area (Å²) in [5.74, 6) is 0.928. The van der Waals surface area contributed by atoms with Gasteiger partial charge in [-0.1, -0.05) is 44.0 Å². The highest BCUT2D eigenvalue weighted by atomic mass is 16.5. The summed E-state index contributed by atoms with van der Waals surface area (Å²) in [4.78, 5) is 0. The van der Waals surface area contributed by atoms with Gasteiger partial charge < -0.3 is 10.1 Å².